The van der Waals surface area contributed by atoms with Crippen LogP contribution >= 0.6 is 11.6 Å². The predicted octanol–water partition coefficient (Wildman–Crippen LogP) is 7.54. The minimum absolute atomic E-state index is 0.0663. The normalized spacial score (nSPS) is 14.0. The van der Waals surface area contributed by atoms with E-state index in [1.807, 2.05) is 71.6 Å². The van der Waals surface area contributed by atoms with Gasteiger partial charge in [-0.05, 0) is 46.5 Å². The van der Waals surface area contributed by atoms with Crippen molar-refractivity contribution in [3.63, 3.8) is 0 Å². The zero-order valence-electron chi connectivity index (χ0n) is 27.1. The minimum Gasteiger partial charge on any atom is -0.497 e. The lowest BCUT2D eigenvalue weighted by molar-refractivity contribution is -0.138. The standard InChI is InChI=1S/C41H40ClN3O3/c1-48-35-23-21-32(22-24-35)30-45(40(46)36-19-11-12-20-37(36)42)38(29-31-13-5-2-6-14-31)41(47)44-27-25-43(26-28-44)39(33-15-7-3-8-16-33)34-17-9-4-10-18-34/h2-24,38-39H,25-30H2,1H3. The topological polar surface area (TPSA) is 53.1 Å². The Morgan fingerprint density at radius 1 is 0.688 bits per heavy atom. The van der Waals surface area contributed by atoms with Crippen molar-refractivity contribution in [2.75, 3.05) is 33.3 Å². The highest BCUT2D eigenvalue weighted by Crippen LogP contribution is 2.30. The molecule has 6 rings (SSSR count). The molecule has 0 aromatic heterocycles. The SMILES string of the molecule is COc1ccc(CN(C(=O)c2ccccc2Cl)C(Cc2ccccc2)C(=O)N2CCN(C(c3ccccc3)c3ccccc3)CC2)cc1. The second-order valence-corrected chi connectivity index (χ2v) is 12.5. The molecule has 7 heteroatoms. The fourth-order valence-electron chi connectivity index (χ4n) is 6.50. The van der Waals surface area contributed by atoms with E-state index in [9.17, 15) is 9.59 Å². The molecular formula is C41H40ClN3O3. The Morgan fingerprint density at radius 2 is 1.23 bits per heavy atom. The van der Waals surface area contributed by atoms with Gasteiger partial charge in [-0.3, -0.25) is 14.5 Å². The molecule has 0 N–H and O–H groups in total. The lowest BCUT2D eigenvalue weighted by Crippen LogP contribution is -2.57. The highest BCUT2D eigenvalue weighted by Gasteiger charge is 2.36. The number of hydrogen-bond donors (Lipinski definition) is 0. The number of rotatable bonds is 11. The molecule has 48 heavy (non-hydrogen) atoms. The highest BCUT2D eigenvalue weighted by atomic mass is 35.5. The Morgan fingerprint density at radius 3 is 1.79 bits per heavy atom. The molecule has 244 valence electrons. The summed E-state index contributed by atoms with van der Waals surface area (Å²) in [5.74, 6) is 0.378. The zero-order valence-corrected chi connectivity index (χ0v) is 27.9. The van der Waals surface area contributed by atoms with Crippen molar-refractivity contribution < 1.29 is 14.3 Å². The van der Waals surface area contributed by atoms with Crippen LogP contribution in [0, 0.1) is 0 Å². The van der Waals surface area contributed by atoms with Gasteiger partial charge in [-0.2, -0.15) is 0 Å². The van der Waals surface area contributed by atoms with Crippen LogP contribution in [0.4, 0.5) is 0 Å². The van der Waals surface area contributed by atoms with E-state index in [2.05, 4.69) is 53.4 Å². The molecule has 6 nitrogen and oxygen atoms in total. The van der Waals surface area contributed by atoms with E-state index in [0.717, 1.165) is 16.9 Å². The number of carbonyl (C=O) groups is 2. The van der Waals surface area contributed by atoms with E-state index in [0.29, 0.717) is 43.2 Å². The lowest BCUT2D eigenvalue weighted by atomic mass is 9.96. The molecular weight excluding hydrogens is 618 g/mol. The number of nitrogens with zero attached hydrogens (tertiary/aromatic N) is 3. The van der Waals surface area contributed by atoms with Gasteiger partial charge in [0.1, 0.15) is 11.8 Å². The fourth-order valence-corrected chi connectivity index (χ4v) is 6.72. The fraction of sp³-hybridized carbons (Fsp3) is 0.220. The summed E-state index contributed by atoms with van der Waals surface area (Å²) in [6, 6.07) is 44.9. The summed E-state index contributed by atoms with van der Waals surface area (Å²) in [5, 5.41) is 0.356. The zero-order chi connectivity index (χ0) is 33.3. The quantitative estimate of drug-likeness (QED) is 0.147. The molecule has 0 aliphatic carbocycles. The number of benzene rings is 5. The maximum atomic E-state index is 14.7. The third-order valence-electron chi connectivity index (χ3n) is 9.03. The molecule has 1 aliphatic rings. The summed E-state index contributed by atoms with van der Waals surface area (Å²) in [5.41, 5.74) is 4.69. The molecule has 0 spiro atoms. The van der Waals surface area contributed by atoms with Gasteiger partial charge in [0.2, 0.25) is 5.91 Å². The summed E-state index contributed by atoms with van der Waals surface area (Å²) in [4.78, 5) is 35.2. The number of carbonyl (C=O) groups excluding carboxylic acids is 2. The summed E-state index contributed by atoms with van der Waals surface area (Å²) < 4.78 is 5.37. The molecule has 1 saturated heterocycles. The van der Waals surface area contributed by atoms with E-state index in [-0.39, 0.29) is 24.4 Å². The number of piperazine rings is 1. The van der Waals surface area contributed by atoms with Crippen LogP contribution < -0.4 is 4.74 Å². The molecule has 0 bridgehead atoms. The van der Waals surface area contributed by atoms with Crippen LogP contribution in [-0.2, 0) is 17.8 Å². The Hall–Kier alpha value is -4.91. The van der Waals surface area contributed by atoms with Crippen LogP contribution in [0.25, 0.3) is 0 Å². The summed E-state index contributed by atoms with van der Waals surface area (Å²) in [7, 11) is 1.62. The number of methoxy groups -OCH3 is 1. The molecule has 1 aliphatic heterocycles. The maximum absolute atomic E-state index is 14.7. The number of ether oxygens (including phenoxy) is 1. The van der Waals surface area contributed by atoms with Crippen molar-refractivity contribution >= 4 is 23.4 Å². The molecule has 5 aromatic rings. The number of halogens is 1. The summed E-state index contributed by atoms with van der Waals surface area (Å²) in [6.45, 7) is 2.75. The number of hydrogen-bond acceptors (Lipinski definition) is 4. The molecule has 1 atom stereocenters. The van der Waals surface area contributed by atoms with Crippen LogP contribution in [0.2, 0.25) is 5.02 Å². The van der Waals surface area contributed by atoms with Gasteiger partial charge in [-0.15, -0.1) is 0 Å². The smallest absolute Gasteiger partial charge is 0.256 e. The molecule has 0 radical (unpaired) electrons. The first-order valence-electron chi connectivity index (χ1n) is 16.4. The third kappa shape index (κ3) is 7.79. The van der Waals surface area contributed by atoms with Crippen molar-refractivity contribution in [3.05, 3.63) is 172 Å². The molecule has 0 saturated carbocycles. The van der Waals surface area contributed by atoms with Crippen LogP contribution in [-0.4, -0.2) is 65.8 Å². The van der Waals surface area contributed by atoms with E-state index in [1.54, 1.807) is 36.3 Å². The average molecular weight is 658 g/mol. The van der Waals surface area contributed by atoms with E-state index in [4.69, 9.17) is 16.3 Å². The van der Waals surface area contributed by atoms with Gasteiger partial charge in [-0.25, -0.2) is 0 Å². The van der Waals surface area contributed by atoms with Gasteiger partial charge >= 0.3 is 0 Å². The van der Waals surface area contributed by atoms with Crippen molar-refractivity contribution in [2.24, 2.45) is 0 Å². The van der Waals surface area contributed by atoms with Gasteiger partial charge in [0.05, 0.1) is 23.7 Å². The average Bonchev–Trinajstić information content (AvgIpc) is 3.15. The second-order valence-electron chi connectivity index (χ2n) is 12.1. The first kappa shape index (κ1) is 33.0. The highest BCUT2D eigenvalue weighted by molar-refractivity contribution is 6.33. The maximum Gasteiger partial charge on any atom is 0.256 e. The van der Waals surface area contributed by atoms with E-state index < -0.39 is 6.04 Å². The summed E-state index contributed by atoms with van der Waals surface area (Å²) in [6.07, 6.45) is 0.378. The monoisotopic (exact) mass is 657 g/mol. The Balaban J connectivity index is 1.30. The van der Waals surface area contributed by atoms with Crippen molar-refractivity contribution in [1.82, 2.24) is 14.7 Å². The largest absolute Gasteiger partial charge is 0.497 e. The Labute approximate surface area is 288 Å². The molecule has 1 fully saturated rings. The molecule has 2 amide bonds. The molecule has 5 aromatic carbocycles. The van der Waals surface area contributed by atoms with Crippen LogP contribution in [0.5, 0.6) is 5.75 Å². The van der Waals surface area contributed by atoms with Crippen molar-refractivity contribution in [1.29, 1.82) is 0 Å². The van der Waals surface area contributed by atoms with Crippen molar-refractivity contribution in [3.8, 4) is 5.75 Å². The van der Waals surface area contributed by atoms with Gasteiger partial charge in [0, 0.05) is 39.1 Å². The number of amides is 2. The predicted molar refractivity (Wildman–Crippen MR) is 191 cm³/mol. The lowest BCUT2D eigenvalue weighted by Gasteiger charge is -2.42. The first-order chi connectivity index (χ1) is 23.5. The van der Waals surface area contributed by atoms with Crippen LogP contribution in [0.3, 0.4) is 0 Å². The van der Waals surface area contributed by atoms with Gasteiger partial charge in [-0.1, -0.05) is 127 Å². The third-order valence-corrected chi connectivity index (χ3v) is 9.36. The van der Waals surface area contributed by atoms with Crippen LogP contribution in [0.15, 0.2) is 140 Å². The van der Waals surface area contributed by atoms with E-state index in [1.165, 1.54) is 11.1 Å². The Bertz CT molecular complexity index is 1740. The van der Waals surface area contributed by atoms with Crippen molar-refractivity contribution in [2.45, 2.75) is 25.0 Å². The molecule has 1 unspecified atom stereocenters. The van der Waals surface area contributed by atoms with Gasteiger partial charge in [0.15, 0.2) is 0 Å². The minimum atomic E-state index is -0.746. The second kappa shape index (κ2) is 15.8. The van der Waals surface area contributed by atoms with Gasteiger partial charge < -0.3 is 14.5 Å². The van der Waals surface area contributed by atoms with Gasteiger partial charge in [0.25, 0.3) is 5.91 Å². The first-order valence-corrected chi connectivity index (χ1v) is 16.7. The summed E-state index contributed by atoms with van der Waals surface area (Å²) >= 11 is 6.58. The van der Waals surface area contributed by atoms with Crippen LogP contribution in [0.1, 0.15) is 38.7 Å². The van der Waals surface area contributed by atoms with E-state index >= 15 is 0 Å². The Kier molecular flexibility index (Phi) is 10.9. The molecule has 1 heterocycles.